The van der Waals surface area contributed by atoms with Gasteiger partial charge in [-0.15, -0.1) is 0 Å². The Kier molecular flexibility index (Phi) is 5.61. The van der Waals surface area contributed by atoms with Crippen LogP contribution < -0.4 is 10.1 Å². The van der Waals surface area contributed by atoms with Gasteiger partial charge in [0, 0.05) is 19.2 Å². The number of ether oxygens (including phenoxy) is 1. The van der Waals surface area contributed by atoms with E-state index in [9.17, 15) is 13.2 Å². The zero-order chi connectivity index (χ0) is 17.0. The van der Waals surface area contributed by atoms with Gasteiger partial charge in [0.25, 0.3) is 0 Å². The molecule has 2 N–H and O–H groups in total. The number of methoxy groups -OCH3 is 1. The van der Waals surface area contributed by atoms with E-state index in [-0.39, 0.29) is 24.0 Å². The number of nitrogens with zero attached hydrogens (tertiary/aromatic N) is 1. The Bertz CT molecular complexity index is 674. The minimum absolute atomic E-state index is 0.113. The maximum atomic E-state index is 13.0. The first-order chi connectivity index (χ1) is 10.9. The van der Waals surface area contributed by atoms with Crippen molar-refractivity contribution in [3.05, 3.63) is 23.8 Å². The van der Waals surface area contributed by atoms with Crippen molar-refractivity contribution in [1.82, 2.24) is 9.62 Å². The maximum Gasteiger partial charge on any atom is 0.244 e. The number of hydrogen-bond acceptors (Lipinski definition) is 5. The highest BCUT2D eigenvalue weighted by molar-refractivity contribution is 7.89. The van der Waals surface area contributed by atoms with Gasteiger partial charge in [0.05, 0.1) is 18.6 Å². The summed E-state index contributed by atoms with van der Waals surface area (Å²) in [6.07, 6.45) is 1.10. The molecule has 1 heterocycles. The van der Waals surface area contributed by atoms with Crippen LogP contribution in [0.5, 0.6) is 5.75 Å². The fraction of sp³-hybridized carbons (Fsp3) is 0.533. The summed E-state index contributed by atoms with van der Waals surface area (Å²) in [6.45, 7) is 1.95. The number of sulfonamides is 1. The number of aliphatic hydroxyl groups is 1. The summed E-state index contributed by atoms with van der Waals surface area (Å²) < 4.78 is 32.2. The number of aliphatic hydroxyl groups excluding tert-OH is 1. The summed E-state index contributed by atoms with van der Waals surface area (Å²) in [7, 11) is -2.32. The molecule has 0 aliphatic carbocycles. The average molecular weight is 342 g/mol. The molecule has 23 heavy (non-hydrogen) atoms. The average Bonchev–Trinajstić information content (AvgIpc) is 3.03. The molecule has 1 aromatic carbocycles. The highest BCUT2D eigenvalue weighted by Crippen LogP contribution is 2.30. The van der Waals surface area contributed by atoms with Gasteiger partial charge in [-0.05, 0) is 31.4 Å². The van der Waals surface area contributed by atoms with Crippen LogP contribution in [0.1, 0.15) is 18.4 Å². The number of carbonyl (C=O) groups is 1. The van der Waals surface area contributed by atoms with Crippen molar-refractivity contribution in [3.8, 4) is 5.75 Å². The second-order valence-electron chi connectivity index (χ2n) is 5.42. The number of amides is 1. The van der Waals surface area contributed by atoms with E-state index in [1.807, 2.05) is 0 Å². The van der Waals surface area contributed by atoms with E-state index in [2.05, 4.69) is 5.32 Å². The lowest BCUT2D eigenvalue weighted by Crippen LogP contribution is -2.46. The Morgan fingerprint density at radius 3 is 2.87 bits per heavy atom. The van der Waals surface area contributed by atoms with Gasteiger partial charge in [0.1, 0.15) is 11.8 Å². The third-order valence-corrected chi connectivity index (χ3v) is 5.95. The molecule has 0 bridgehead atoms. The lowest BCUT2D eigenvalue weighted by atomic mass is 10.2. The summed E-state index contributed by atoms with van der Waals surface area (Å²) >= 11 is 0. The van der Waals surface area contributed by atoms with E-state index in [1.54, 1.807) is 19.1 Å². The van der Waals surface area contributed by atoms with Crippen molar-refractivity contribution < 1.29 is 23.1 Å². The highest BCUT2D eigenvalue weighted by Gasteiger charge is 2.39. The molecule has 0 aromatic heterocycles. The first-order valence-electron chi connectivity index (χ1n) is 7.47. The molecular weight excluding hydrogens is 320 g/mol. The molecule has 2 rings (SSSR count). The Labute approximate surface area is 136 Å². The van der Waals surface area contributed by atoms with Crippen molar-refractivity contribution in [3.63, 3.8) is 0 Å². The molecule has 1 amide bonds. The van der Waals surface area contributed by atoms with Crippen LogP contribution in [0.25, 0.3) is 0 Å². The smallest absolute Gasteiger partial charge is 0.244 e. The van der Waals surface area contributed by atoms with E-state index in [0.717, 1.165) is 0 Å². The summed E-state index contributed by atoms with van der Waals surface area (Å²) in [4.78, 5) is 12.3. The number of carbonyl (C=O) groups excluding carboxylic acids is 1. The minimum Gasteiger partial charge on any atom is -0.497 e. The maximum absolute atomic E-state index is 13.0. The summed E-state index contributed by atoms with van der Waals surface area (Å²) in [5, 5.41) is 11.3. The summed E-state index contributed by atoms with van der Waals surface area (Å²) in [5.41, 5.74) is 0.604. The molecule has 1 aliphatic rings. The van der Waals surface area contributed by atoms with Crippen molar-refractivity contribution in [1.29, 1.82) is 0 Å². The van der Waals surface area contributed by atoms with Crippen LogP contribution in [0, 0.1) is 6.92 Å². The number of benzene rings is 1. The SMILES string of the molecule is COc1ccc(C)c(S(=O)(=O)N2CCC[C@H]2C(=O)NCCO)c1. The molecule has 1 aromatic rings. The van der Waals surface area contributed by atoms with Gasteiger partial charge in [0.15, 0.2) is 0 Å². The largest absolute Gasteiger partial charge is 0.497 e. The summed E-state index contributed by atoms with van der Waals surface area (Å²) in [6, 6.07) is 4.12. The molecule has 1 aliphatic heterocycles. The topological polar surface area (TPSA) is 95.9 Å². The molecule has 1 fully saturated rings. The molecular formula is C15H22N2O5S. The molecule has 7 nitrogen and oxygen atoms in total. The second kappa shape index (κ2) is 7.29. The number of hydrogen-bond donors (Lipinski definition) is 2. The standard InChI is InChI=1S/C15H22N2O5S/c1-11-5-6-12(22-2)10-14(11)23(20,21)17-8-3-4-13(17)15(19)16-7-9-18/h5-6,10,13,18H,3-4,7-9H2,1-2H3,(H,16,19)/t13-/m0/s1. The van der Waals surface area contributed by atoms with Crippen LogP contribution in [0.2, 0.25) is 0 Å². The van der Waals surface area contributed by atoms with Gasteiger partial charge in [0.2, 0.25) is 15.9 Å². The predicted molar refractivity (Wildman–Crippen MR) is 84.7 cm³/mol. The normalized spacial score (nSPS) is 18.8. The second-order valence-corrected chi connectivity index (χ2v) is 7.28. The van der Waals surface area contributed by atoms with E-state index in [1.165, 1.54) is 17.5 Å². The van der Waals surface area contributed by atoms with Crippen molar-refractivity contribution in [2.45, 2.75) is 30.7 Å². The molecule has 0 radical (unpaired) electrons. The zero-order valence-electron chi connectivity index (χ0n) is 13.3. The van der Waals surface area contributed by atoms with Gasteiger partial charge in [-0.2, -0.15) is 4.31 Å². The molecule has 0 unspecified atom stereocenters. The van der Waals surface area contributed by atoms with E-state index < -0.39 is 16.1 Å². The molecule has 128 valence electrons. The fourth-order valence-corrected chi connectivity index (χ4v) is 4.60. The lowest BCUT2D eigenvalue weighted by molar-refractivity contribution is -0.124. The quantitative estimate of drug-likeness (QED) is 0.773. The van der Waals surface area contributed by atoms with Crippen molar-refractivity contribution in [2.75, 3.05) is 26.8 Å². The monoisotopic (exact) mass is 342 g/mol. The Hall–Kier alpha value is -1.64. The summed E-state index contributed by atoms with van der Waals surface area (Å²) in [5.74, 6) is 0.0790. The Morgan fingerprint density at radius 2 is 2.22 bits per heavy atom. The Morgan fingerprint density at radius 1 is 1.48 bits per heavy atom. The highest BCUT2D eigenvalue weighted by atomic mass is 32.2. The molecule has 8 heteroatoms. The van der Waals surface area contributed by atoms with Gasteiger partial charge >= 0.3 is 0 Å². The van der Waals surface area contributed by atoms with Crippen LogP contribution in [-0.2, 0) is 14.8 Å². The van der Waals surface area contributed by atoms with Crippen LogP contribution in [0.3, 0.4) is 0 Å². The van der Waals surface area contributed by atoms with Crippen molar-refractivity contribution in [2.24, 2.45) is 0 Å². The van der Waals surface area contributed by atoms with Gasteiger partial charge < -0.3 is 15.2 Å². The van der Waals surface area contributed by atoms with E-state index in [0.29, 0.717) is 30.7 Å². The van der Waals surface area contributed by atoms with E-state index in [4.69, 9.17) is 9.84 Å². The third kappa shape index (κ3) is 3.65. The minimum atomic E-state index is -3.79. The number of rotatable bonds is 6. The predicted octanol–water partition coefficient (Wildman–Crippen LogP) is 0.265. The fourth-order valence-electron chi connectivity index (χ4n) is 2.70. The van der Waals surface area contributed by atoms with Crippen molar-refractivity contribution >= 4 is 15.9 Å². The first-order valence-corrected chi connectivity index (χ1v) is 8.91. The molecule has 0 spiro atoms. The van der Waals surface area contributed by atoms with Crippen LogP contribution in [-0.4, -0.2) is 56.6 Å². The van der Waals surface area contributed by atoms with Crippen LogP contribution in [0.4, 0.5) is 0 Å². The van der Waals surface area contributed by atoms with Gasteiger partial charge in [-0.3, -0.25) is 4.79 Å². The molecule has 0 saturated carbocycles. The lowest BCUT2D eigenvalue weighted by Gasteiger charge is -2.24. The van der Waals surface area contributed by atoms with Gasteiger partial charge in [-0.25, -0.2) is 8.42 Å². The zero-order valence-corrected chi connectivity index (χ0v) is 14.1. The Balaban J connectivity index is 2.33. The third-order valence-electron chi connectivity index (χ3n) is 3.90. The number of nitrogens with one attached hydrogen (secondary N) is 1. The molecule has 1 atom stereocenters. The van der Waals surface area contributed by atoms with Crippen LogP contribution in [0.15, 0.2) is 23.1 Å². The first kappa shape index (κ1) is 17.7. The van der Waals surface area contributed by atoms with E-state index >= 15 is 0 Å². The number of aryl methyl sites for hydroxylation is 1. The van der Waals surface area contributed by atoms with Crippen LogP contribution >= 0.6 is 0 Å². The molecule has 1 saturated heterocycles. The van der Waals surface area contributed by atoms with Gasteiger partial charge in [-0.1, -0.05) is 6.07 Å².